The van der Waals surface area contributed by atoms with Crippen molar-refractivity contribution in [1.29, 1.82) is 0 Å². The highest BCUT2D eigenvalue weighted by Crippen LogP contribution is 2.33. The Kier molecular flexibility index (Phi) is 4.79. The zero-order chi connectivity index (χ0) is 19.6. The lowest BCUT2D eigenvalue weighted by Crippen LogP contribution is -2.31. The van der Waals surface area contributed by atoms with E-state index in [9.17, 15) is 13.2 Å². The summed E-state index contributed by atoms with van der Waals surface area (Å²) in [6, 6.07) is 16.1. The van der Waals surface area contributed by atoms with Crippen LogP contribution in [0.3, 0.4) is 0 Å². The zero-order valence-electron chi connectivity index (χ0n) is 14.7. The third kappa shape index (κ3) is 3.46. The van der Waals surface area contributed by atoms with E-state index in [0.29, 0.717) is 17.1 Å². The van der Waals surface area contributed by atoms with E-state index in [-0.39, 0.29) is 24.0 Å². The molecule has 1 atom stereocenters. The summed E-state index contributed by atoms with van der Waals surface area (Å²) in [4.78, 5) is 12.7. The number of hydrogen-bond donors (Lipinski definition) is 1. The van der Waals surface area contributed by atoms with Gasteiger partial charge in [-0.15, -0.1) is 0 Å². The smallest absolute Gasteiger partial charge is 0.251 e. The molecule has 0 radical (unpaired) electrons. The fourth-order valence-corrected chi connectivity index (χ4v) is 4.55. The summed E-state index contributed by atoms with van der Waals surface area (Å²) in [6.45, 7) is -0.0334. The number of furan rings is 1. The standard InChI is InChI=1S/C20H17NO6S/c22-20(14-8-9-16-18(11-14)27-13-26-16)21-12-19(17-7-4-10-25-17)28(23,24)15-5-2-1-3-6-15/h1-11,19H,12-13H2,(H,21,22)/t19-/m1/s1. The second kappa shape index (κ2) is 7.40. The SMILES string of the molecule is O=C(NC[C@H](c1ccco1)S(=O)(=O)c1ccccc1)c1ccc2c(c1)OCO2. The van der Waals surface area contributed by atoms with Crippen LogP contribution in [0.4, 0.5) is 0 Å². The molecule has 8 heteroatoms. The molecule has 0 saturated heterocycles. The largest absolute Gasteiger partial charge is 0.468 e. The molecule has 2 heterocycles. The molecule has 4 rings (SSSR count). The predicted octanol–water partition coefficient (Wildman–Crippen LogP) is 2.95. The number of ether oxygens (including phenoxy) is 2. The van der Waals surface area contributed by atoms with Gasteiger partial charge in [-0.05, 0) is 42.5 Å². The fourth-order valence-electron chi connectivity index (χ4n) is 2.94. The van der Waals surface area contributed by atoms with Gasteiger partial charge in [-0.25, -0.2) is 8.42 Å². The van der Waals surface area contributed by atoms with Crippen LogP contribution in [-0.2, 0) is 9.84 Å². The number of sulfone groups is 1. The second-order valence-electron chi connectivity index (χ2n) is 6.14. The summed E-state index contributed by atoms with van der Waals surface area (Å²) in [5, 5.41) is 1.63. The van der Waals surface area contributed by atoms with Crippen LogP contribution in [0.2, 0.25) is 0 Å². The Morgan fingerprint density at radius 3 is 2.54 bits per heavy atom. The predicted molar refractivity (Wildman–Crippen MR) is 100.0 cm³/mol. The molecule has 0 saturated carbocycles. The van der Waals surface area contributed by atoms with E-state index in [1.165, 1.54) is 18.4 Å². The number of fused-ring (bicyclic) bond motifs is 1. The van der Waals surface area contributed by atoms with Gasteiger partial charge in [0.2, 0.25) is 6.79 Å². The molecule has 1 amide bonds. The van der Waals surface area contributed by atoms with E-state index in [1.54, 1.807) is 48.5 Å². The number of hydrogen-bond acceptors (Lipinski definition) is 6. The Labute approximate surface area is 161 Å². The highest BCUT2D eigenvalue weighted by Gasteiger charge is 2.32. The lowest BCUT2D eigenvalue weighted by atomic mass is 10.2. The van der Waals surface area contributed by atoms with Crippen molar-refractivity contribution in [3.8, 4) is 11.5 Å². The summed E-state index contributed by atoms with van der Waals surface area (Å²) in [5.74, 6) is 0.886. The minimum atomic E-state index is -3.76. The van der Waals surface area contributed by atoms with Gasteiger partial charge in [-0.2, -0.15) is 0 Å². The van der Waals surface area contributed by atoms with Gasteiger partial charge in [0.25, 0.3) is 5.91 Å². The first-order chi connectivity index (χ1) is 13.6. The summed E-state index contributed by atoms with van der Waals surface area (Å²) in [6.07, 6.45) is 1.41. The van der Waals surface area contributed by atoms with Gasteiger partial charge in [0.05, 0.1) is 11.2 Å². The van der Waals surface area contributed by atoms with Crippen LogP contribution < -0.4 is 14.8 Å². The molecule has 2 aromatic carbocycles. The van der Waals surface area contributed by atoms with Crippen molar-refractivity contribution in [1.82, 2.24) is 5.32 Å². The van der Waals surface area contributed by atoms with Crippen LogP contribution in [0.15, 0.2) is 76.2 Å². The quantitative estimate of drug-likeness (QED) is 0.685. The monoisotopic (exact) mass is 399 g/mol. The molecule has 144 valence electrons. The summed E-state index contributed by atoms with van der Waals surface area (Å²) < 4.78 is 42.0. The van der Waals surface area contributed by atoms with Crippen molar-refractivity contribution < 1.29 is 27.1 Å². The van der Waals surface area contributed by atoms with Crippen LogP contribution in [0.25, 0.3) is 0 Å². The number of rotatable bonds is 6. The molecule has 0 fully saturated rings. The average Bonchev–Trinajstić information content (AvgIpc) is 3.40. The summed E-state index contributed by atoms with van der Waals surface area (Å²) in [7, 11) is -3.76. The van der Waals surface area contributed by atoms with Crippen molar-refractivity contribution in [2.45, 2.75) is 10.1 Å². The molecule has 1 aliphatic rings. The number of benzene rings is 2. The highest BCUT2D eigenvalue weighted by atomic mass is 32.2. The zero-order valence-corrected chi connectivity index (χ0v) is 15.5. The summed E-state index contributed by atoms with van der Waals surface area (Å²) >= 11 is 0. The molecule has 3 aromatic rings. The minimum Gasteiger partial charge on any atom is -0.468 e. The molecular formula is C20H17NO6S. The van der Waals surface area contributed by atoms with Gasteiger partial charge in [0.15, 0.2) is 21.3 Å². The first kappa shape index (κ1) is 18.1. The van der Waals surface area contributed by atoms with Crippen molar-refractivity contribution in [3.05, 3.63) is 78.3 Å². The van der Waals surface area contributed by atoms with Crippen LogP contribution in [-0.4, -0.2) is 27.7 Å². The van der Waals surface area contributed by atoms with Crippen molar-refractivity contribution in [2.75, 3.05) is 13.3 Å². The topological polar surface area (TPSA) is 94.8 Å². The summed E-state index contributed by atoms with van der Waals surface area (Å²) in [5.41, 5.74) is 0.347. The molecule has 0 aliphatic carbocycles. The Bertz CT molecular complexity index is 1080. The Balaban J connectivity index is 1.56. The first-order valence-electron chi connectivity index (χ1n) is 8.56. The maximum Gasteiger partial charge on any atom is 0.251 e. The number of carbonyl (C=O) groups is 1. The average molecular weight is 399 g/mol. The molecule has 1 N–H and O–H groups in total. The number of nitrogens with one attached hydrogen (secondary N) is 1. The van der Waals surface area contributed by atoms with Crippen LogP contribution in [0.5, 0.6) is 11.5 Å². The van der Waals surface area contributed by atoms with Gasteiger partial charge in [0, 0.05) is 12.1 Å². The number of carbonyl (C=O) groups excluding carboxylic acids is 1. The number of amides is 1. The van der Waals surface area contributed by atoms with Crippen molar-refractivity contribution in [2.24, 2.45) is 0 Å². The van der Waals surface area contributed by atoms with E-state index in [4.69, 9.17) is 13.9 Å². The first-order valence-corrected chi connectivity index (χ1v) is 10.1. The van der Waals surface area contributed by atoms with E-state index >= 15 is 0 Å². The van der Waals surface area contributed by atoms with Gasteiger partial charge in [0.1, 0.15) is 11.0 Å². The van der Waals surface area contributed by atoms with E-state index < -0.39 is 21.0 Å². The van der Waals surface area contributed by atoms with Gasteiger partial charge < -0.3 is 19.2 Å². The Morgan fingerprint density at radius 1 is 1.00 bits per heavy atom. The van der Waals surface area contributed by atoms with E-state index in [2.05, 4.69) is 5.32 Å². The van der Waals surface area contributed by atoms with Crippen LogP contribution >= 0.6 is 0 Å². The van der Waals surface area contributed by atoms with E-state index in [1.807, 2.05) is 0 Å². The molecule has 0 unspecified atom stereocenters. The maximum absolute atomic E-state index is 13.1. The van der Waals surface area contributed by atoms with E-state index in [0.717, 1.165) is 0 Å². The fraction of sp³-hybridized carbons (Fsp3) is 0.150. The van der Waals surface area contributed by atoms with Gasteiger partial charge >= 0.3 is 0 Å². The molecular weight excluding hydrogens is 382 g/mol. The van der Waals surface area contributed by atoms with Gasteiger partial charge in [-0.3, -0.25) is 4.79 Å². The normalized spacial score (nSPS) is 13.9. The minimum absolute atomic E-state index is 0.107. The third-order valence-electron chi connectivity index (χ3n) is 4.39. The molecule has 1 aromatic heterocycles. The van der Waals surface area contributed by atoms with Gasteiger partial charge in [-0.1, -0.05) is 18.2 Å². The lowest BCUT2D eigenvalue weighted by molar-refractivity contribution is 0.0952. The van der Waals surface area contributed by atoms with Crippen LogP contribution in [0.1, 0.15) is 21.4 Å². The lowest BCUT2D eigenvalue weighted by Gasteiger charge is -2.17. The van der Waals surface area contributed by atoms with Crippen molar-refractivity contribution in [3.63, 3.8) is 0 Å². The molecule has 28 heavy (non-hydrogen) atoms. The third-order valence-corrected chi connectivity index (χ3v) is 6.47. The maximum atomic E-state index is 13.1. The molecule has 0 bridgehead atoms. The molecule has 7 nitrogen and oxygen atoms in total. The molecule has 1 aliphatic heterocycles. The molecule has 0 spiro atoms. The highest BCUT2D eigenvalue weighted by molar-refractivity contribution is 7.91. The van der Waals surface area contributed by atoms with Crippen LogP contribution in [0, 0.1) is 0 Å². The van der Waals surface area contributed by atoms with Crippen molar-refractivity contribution >= 4 is 15.7 Å². The Morgan fingerprint density at radius 2 is 1.79 bits per heavy atom. The second-order valence-corrected chi connectivity index (χ2v) is 8.27. The Hall–Kier alpha value is -3.26.